The Morgan fingerprint density at radius 2 is 1.76 bits per heavy atom. The minimum Gasteiger partial charge on any atom is -0.378 e. The molecule has 0 aliphatic heterocycles. The van der Waals surface area contributed by atoms with Gasteiger partial charge in [-0.15, -0.1) is 10.2 Å². The molecular formula is C15H16N6. The van der Waals surface area contributed by atoms with Gasteiger partial charge in [-0.3, -0.25) is 0 Å². The molecule has 2 aromatic heterocycles. The summed E-state index contributed by atoms with van der Waals surface area (Å²) >= 11 is 0. The Labute approximate surface area is 123 Å². The van der Waals surface area contributed by atoms with E-state index in [1.165, 1.54) is 5.69 Å². The zero-order chi connectivity index (χ0) is 14.7. The number of benzene rings is 1. The van der Waals surface area contributed by atoms with Gasteiger partial charge in [-0.25, -0.2) is 4.68 Å². The number of hydrogen-bond donors (Lipinski definition) is 0. The van der Waals surface area contributed by atoms with Gasteiger partial charge in [-0.2, -0.15) is 5.10 Å². The first-order chi connectivity index (χ1) is 10.2. The quantitative estimate of drug-likeness (QED) is 0.687. The number of hydrogen-bond acceptors (Lipinski definition) is 4. The van der Waals surface area contributed by atoms with Crippen LogP contribution >= 0.6 is 0 Å². The fourth-order valence-electron chi connectivity index (χ4n) is 2.03. The summed E-state index contributed by atoms with van der Waals surface area (Å²) in [4.78, 5) is 2.08. The van der Waals surface area contributed by atoms with Gasteiger partial charge in [0.25, 0.3) is 0 Å². The molecule has 2 heterocycles. The summed E-state index contributed by atoms with van der Waals surface area (Å²) < 4.78 is 3.64. The lowest BCUT2D eigenvalue weighted by Gasteiger charge is -2.13. The molecule has 0 spiro atoms. The Balaban J connectivity index is 1.88. The number of anilines is 1. The molecule has 0 N–H and O–H groups in total. The minimum absolute atomic E-state index is 0.987. The van der Waals surface area contributed by atoms with Crippen molar-refractivity contribution in [2.24, 2.45) is 5.10 Å². The van der Waals surface area contributed by atoms with Crippen molar-refractivity contribution in [3.8, 4) is 5.69 Å². The van der Waals surface area contributed by atoms with Crippen LogP contribution in [0.3, 0.4) is 0 Å². The molecule has 0 saturated carbocycles. The zero-order valence-corrected chi connectivity index (χ0v) is 12.0. The minimum atomic E-state index is 0.987. The molecule has 0 saturated heterocycles. The van der Waals surface area contributed by atoms with E-state index in [-0.39, 0.29) is 0 Å². The van der Waals surface area contributed by atoms with Gasteiger partial charge in [-0.05, 0) is 36.4 Å². The molecule has 3 aromatic rings. The summed E-state index contributed by atoms with van der Waals surface area (Å²) in [6.45, 7) is 0. The fourth-order valence-corrected chi connectivity index (χ4v) is 2.03. The lowest BCUT2D eigenvalue weighted by atomic mass is 10.2. The van der Waals surface area contributed by atoms with E-state index in [9.17, 15) is 0 Å². The maximum atomic E-state index is 4.28. The van der Waals surface area contributed by atoms with Gasteiger partial charge in [0, 0.05) is 31.7 Å². The molecule has 6 heteroatoms. The highest BCUT2D eigenvalue weighted by Crippen LogP contribution is 2.17. The molecule has 21 heavy (non-hydrogen) atoms. The average Bonchev–Trinajstić information content (AvgIpc) is 3.16. The van der Waals surface area contributed by atoms with Crippen LogP contribution in [0.4, 0.5) is 5.69 Å². The van der Waals surface area contributed by atoms with Crippen molar-refractivity contribution in [3.63, 3.8) is 0 Å². The smallest absolute Gasteiger partial charge is 0.141 e. The van der Waals surface area contributed by atoms with Crippen LogP contribution in [0, 0.1) is 0 Å². The summed E-state index contributed by atoms with van der Waals surface area (Å²) in [6.07, 6.45) is 6.90. The SMILES string of the molecule is CN(C)c1ccc(-n2cccc2/C=N/n2cnnc2)cc1. The Morgan fingerprint density at radius 1 is 1.05 bits per heavy atom. The van der Waals surface area contributed by atoms with Crippen LogP contribution in [0.15, 0.2) is 60.4 Å². The summed E-state index contributed by atoms with van der Waals surface area (Å²) in [5.41, 5.74) is 3.25. The molecule has 1 aromatic carbocycles. The van der Waals surface area contributed by atoms with E-state index in [1.807, 2.05) is 32.4 Å². The van der Waals surface area contributed by atoms with Crippen molar-refractivity contribution in [1.29, 1.82) is 0 Å². The third kappa shape index (κ3) is 2.84. The van der Waals surface area contributed by atoms with Gasteiger partial charge in [0.1, 0.15) is 12.7 Å². The molecule has 6 nitrogen and oxygen atoms in total. The normalized spacial score (nSPS) is 11.1. The summed E-state index contributed by atoms with van der Waals surface area (Å²) in [6, 6.07) is 12.4. The first-order valence-corrected chi connectivity index (χ1v) is 6.58. The number of rotatable bonds is 4. The molecule has 0 aliphatic carbocycles. The van der Waals surface area contributed by atoms with Crippen molar-refractivity contribution >= 4 is 11.9 Å². The van der Waals surface area contributed by atoms with E-state index < -0.39 is 0 Å². The number of aromatic nitrogens is 4. The molecule has 0 atom stereocenters. The highest BCUT2D eigenvalue weighted by molar-refractivity contribution is 5.78. The van der Waals surface area contributed by atoms with Crippen molar-refractivity contribution in [1.82, 2.24) is 19.4 Å². The fraction of sp³-hybridized carbons (Fsp3) is 0.133. The van der Waals surface area contributed by atoms with Crippen molar-refractivity contribution < 1.29 is 0 Å². The summed E-state index contributed by atoms with van der Waals surface area (Å²) in [5, 5.41) is 11.7. The lowest BCUT2D eigenvalue weighted by molar-refractivity contribution is 0.875. The second-order valence-electron chi connectivity index (χ2n) is 4.80. The van der Waals surface area contributed by atoms with Crippen LogP contribution in [0.25, 0.3) is 5.69 Å². The molecule has 0 fully saturated rings. The topological polar surface area (TPSA) is 51.2 Å². The Morgan fingerprint density at radius 3 is 2.43 bits per heavy atom. The predicted octanol–water partition coefficient (Wildman–Crippen LogP) is 2.02. The van der Waals surface area contributed by atoms with Gasteiger partial charge in [0.2, 0.25) is 0 Å². The van der Waals surface area contributed by atoms with Crippen LogP contribution in [-0.4, -0.2) is 39.8 Å². The van der Waals surface area contributed by atoms with E-state index >= 15 is 0 Å². The maximum absolute atomic E-state index is 4.28. The largest absolute Gasteiger partial charge is 0.378 e. The standard InChI is InChI=1S/C15H16N6/c1-19(2)13-5-7-14(8-6-13)21-9-3-4-15(21)10-18-20-11-16-17-12-20/h3-12H,1-2H3/b18-10+. The van der Waals surface area contributed by atoms with E-state index in [0.717, 1.165) is 11.4 Å². The molecule has 0 bridgehead atoms. The van der Waals surface area contributed by atoms with Crippen LogP contribution in [-0.2, 0) is 0 Å². The molecule has 0 radical (unpaired) electrons. The van der Waals surface area contributed by atoms with Crippen LogP contribution in [0.2, 0.25) is 0 Å². The monoisotopic (exact) mass is 280 g/mol. The predicted molar refractivity (Wildman–Crippen MR) is 83.1 cm³/mol. The van der Waals surface area contributed by atoms with Crippen molar-refractivity contribution in [2.45, 2.75) is 0 Å². The van der Waals surface area contributed by atoms with Crippen LogP contribution in [0.5, 0.6) is 0 Å². The van der Waals surface area contributed by atoms with Crippen LogP contribution < -0.4 is 4.90 Å². The molecular weight excluding hydrogens is 264 g/mol. The highest BCUT2D eigenvalue weighted by atomic mass is 15.4. The van der Waals surface area contributed by atoms with E-state index in [0.29, 0.717) is 0 Å². The highest BCUT2D eigenvalue weighted by Gasteiger charge is 2.02. The van der Waals surface area contributed by atoms with E-state index in [2.05, 4.69) is 49.0 Å². The molecule has 0 unspecified atom stereocenters. The first-order valence-electron chi connectivity index (χ1n) is 6.58. The van der Waals surface area contributed by atoms with Gasteiger partial charge in [-0.1, -0.05) is 0 Å². The van der Waals surface area contributed by atoms with E-state index in [1.54, 1.807) is 23.5 Å². The average molecular weight is 280 g/mol. The van der Waals surface area contributed by atoms with Crippen LogP contribution in [0.1, 0.15) is 5.69 Å². The lowest BCUT2D eigenvalue weighted by Crippen LogP contribution is -2.08. The first kappa shape index (κ1) is 13.1. The van der Waals surface area contributed by atoms with E-state index in [4.69, 9.17) is 0 Å². The van der Waals surface area contributed by atoms with Gasteiger partial charge in [0.15, 0.2) is 0 Å². The van der Waals surface area contributed by atoms with Gasteiger partial charge >= 0.3 is 0 Å². The zero-order valence-electron chi connectivity index (χ0n) is 12.0. The second-order valence-corrected chi connectivity index (χ2v) is 4.80. The maximum Gasteiger partial charge on any atom is 0.141 e. The third-order valence-corrected chi connectivity index (χ3v) is 3.15. The summed E-state index contributed by atoms with van der Waals surface area (Å²) in [5.74, 6) is 0. The Hall–Kier alpha value is -2.89. The second kappa shape index (κ2) is 5.62. The third-order valence-electron chi connectivity index (χ3n) is 3.15. The van der Waals surface area contributed by atoms with Crippen molar-refractivity contribution in [2.75, 3.05) is 19.0 Å². The molecule has 0 amide bonds. The Bertz CT molecular complexity index is 722. The van der Waals surface area contributed by atoms with Crippen molar-refractivity contribution in [3.05, 3.63) is 60.9 Å². The van der Waals surface area contributed by atoms with Gasteiger partial charge < -0.3 is 9.47 Å². The number of nitrogens with zero attached hydrogens (tertiary/aromatic N) is 6. The molecule has 0 aliphatic rings. The Kier molecular flexibility index (Phi) is 3.51. The van der Waals surface area contributed by atoms with Gasteiger partial charge in [0.05, 0.1) is 11.9 Å². The summed E-state index contributed by atoms with van der Waals surface area (Å²) in [7, 11) is 4.06. The molecule has 106 valence electrons. The molecule has 3 rings (SSSR count).